The molecule has 0 aliphatic carbocycles. The monoisotopic (exact) mass is 306 g/mol. The molecule has 0 aliphatic rings. The lowest BCUT2D eigenvalue weighted by atomic mass is 9.89. The maximum Gasteiger partial charge on any atom is 0.100 e. The zero-order valence-electron chi connectivity index (χ0n) is 14.7. The first-order chi connectivity index (χ1) is 11.2. The molecule has 0 heterocycles. The molecule has 0 N–H and O–H groups in total. The van der Waals surface area contributed by atoms with Gasteiger partial charge in [-0.1, -0.05) is 45.9 Å². The highest BCUT2D eigenvalue weighted by atomic mass is 14.8. The minimum atomic E-state index is 0.880. The fourth-order valence-corrected chi connectivity index (χ4v) is 3.19. The lowest BCUT2D eigenvalue weighted by Crippen LogP contribution is -2.03. The van der Waals surface area contributed by atoms with Crippen molar-refractivity contribution in [3.8, 4) is 0 Å². The van der Waals surface area contributed by atoms with Gasteiger partial charge in [0.2, 0.25) is 0 Å². The van der Waals surface area contributed by atoms with Crippen LogP contribution in [0.15, 0.2) is 46.4 Å². The smallest absolute Gasteiger partial charge is 0.100 e. The number of hydrogen-bond acceptors (Lipinski definition) is 2. The van der Waals surface area contributed by atoms with E-state index in [1.807, 2.05) is 30.3 Å². The van der Waals surface area contributed by atoms with Crippen LogP contribution in [0.2, 0.25) is 0 Å². The zero-order valence-corrected chi connectivity index (χ0v) is 14.7. The van der Waals surface area contributed by atoms with Crippen LogP contribution in [0.4, 0.5) is 11.4 Å². The van der Waals surface area contributed by atoms with Crippen LogP contribution in [-0.4, -0.2) is 6.01 Å². The van der Waals surface area contributed by atoms with E-state index in [4.69, 9.17) is 0 Å². The number of nitrogens with zero attached hydrogens (tertiary/aromatic N) is 2. The third-order valence-electron chi connectivity index (χ3n) is 4.28. The Labute approximate surface area is 140 Å². The maximum absolute atomic E-state index is 4.55. The number of hydrogen-bond donors (Lipinski definition) is 0. The number of benzene rings is 2. The Kier molecular flexibility index (Phi) is 6.31. The fraction of sp³-hybridized carbons (Fsp3) is 0.381. The average Bonchev–Trinajstić information content (AvgIpc) is 2.61. The normalized spacial score (nSPS) is 10.3. The summed E-state index contributed by atoms with van der Waals surface area (Å²) in [7, 11) is 0. The van der Waals surface area contributed by atoms with E-state index in [-0.39, 0.29) is 0 Å². The Morgan fingerprint density at radius 2 is 1.39 bits per heavy atom. The van der Waals surface area contributed by atoms with Crippen molar-refractivity contribution in [2.75, 3.05) is 0 Å². The maximum atomic E-state index is 4.55. The molecule has 0 amide bonds. The summed E-state index contributed by atoms with van der Waals surface area (Å²) >= 11 is 0. The van der Waals surface area contributed by atoms with Gasteiger partial charge in [0.15, 0.2) is 0 Å². The van der Waals surface area contributed by atoms with E-state index in [1.165, 1.54) is 22.3 Å². The third kappa shape index (κ3) is 3.97. The lowest BCUT2D eigenvalue weighted by Gasteiger charge is -2.17. The molecule has 0 unspecified atom stereocenters. The summed E-state index contributed by atoms with van der Waals surface area (Å²) < 4.78 is 0. The molecule has 0 saturated carbocycles. The van der Waals surface area contributed by atoms with Crippen molar-refractivity contribution in [3.63, 3.8) is 0 Å². The topological polar surface area (TPSA) is 24.7 Å². The zero-order chi connectivity index (χ0) is 16.7. The summed E-state index contributed by atoms with van der Waals surface area (Å²) in [6.07, 6.45) is 4.17. The third-order valence-corrected chi connectivity index (χ3v) is 4.28. The standard InChI is InChI=1S/C21H26N2/c1-5-16-14-21(20(8-4)19(7-3)18(16)6-2)23-15-22-17-12-10-9-11-13-17/h9-14H,5-8H2,1-4H3. The molecule has 0 bridgehead atoms. The molecule has 0 aliphatic heterocycles. The molecule has 0 aromatic heterocycles. The second kappa shape index (κ2) is 8.45. The van der Waals surface area contributed by atoms with Crippen LogP contribution in [0.3, 0.4) is 0 Å². The largest absolute Gasteiger partial charge is 0.188 e. The lowest BCUT2D eigenvalue weighted by molar-refractivity contribution is 0.944. The Morgan fingerprint density at radius 3 is 1.96 bits per heavy atom. The second-order valence-electron chi connectivity index (χ2n) is 5.56. The van der Waals surface area contributed by atoms with Gasteiger partial charge in [0, 0.05) is 0 Å². The van der Waals surface area contributed by atoms with Crippen LogP contribution in [0.25, 0.3) is 0 Å². The number of para-hydroxylation sites is 1. The second-order valence-corrected chi connectivity index (χ2v) is 5.56. The molecule has 2 aromatic rings. The van der Waals surface area contributed by atoms with E-state index in [1.54, 1.807) is 0 Å². The van der Waals surface area contributed by atoms with Gasteiger partial charge in [-0.25, -0.2) is 0 Å². The molecular weight excluding hydrogens is 280 g/mol. The van der Waals surface area contributed by atoms with Gasteiger partial charge in [0.25, 0.3) is 0 Å². The molecule has 2 rings (SSSR count). The summed E-state index contributed by atoms with van der Waals surface area (Å²) in [6.45, 7) is 8.89. The first-order valence-electron chi connectivity index (χ1n) is 8.63. The Morgan fingerprint density at radius 1 is 0.739 bits per heavy atom. The van der Waals surface area contributed by atoms with Crippen molar-refractivity contribution in [3.05, 3.63) is 58.7 Å². The molecule has 2 nitrogen and oxygen atoms in total. The Bertz CT molecular complexity index is 708. The van der Waals surface area contributed by atoms with Gasteiger partial charge in [-0.05, 0) is 66.1 Å². The van der Waals surface area contributed by atoms with E-state index >= 15 is 0 Å². The molecular formula is C21H26N2. The Balaban J connectivity index is 2.51. The minimum Gasteiger partial charge on any atom is -0.188 e. The summed E-state index contributed by atoms with van der Waals surface area (Å²) in [4.78, 5) is 8.86. The van der Waals surface area contributed by atoms with E-state index < -0.39 is 0 Å². The van der Waals surface area contributed by atoms with Crippen molar-refractivity contribution in [1.29, 1.82) is 0 Å². The van der Waals surface area contributed by atoms with E-state index in [0.29, 0.717) is 0 Å². The molecule has 0 saturated heterocycles. The molecule has 23 heavy (non-hydrogen) atoms. The average molecular weight is 306 g/mol. The van der Waals surface area contributed by atoms with Crippen LogP contribution < -0.4 is 0 Å². The molecule has 0 atom stereocenters. The van der Waals surface area contributed by atoms with E-state index in [9.17, 15) is 0 Å². The predicted octanol–water partition coefficient (Wildman–Crippen LogP) is 6.07. The van der Waals surface area contributed by atoms with Gasteiger partial charge in [0.05, 0.1) is 11.4 Å². The number of aryl methyl sites for hydroxylation is 1. The van der Waals surface area contributed by atoms with Crippen LogP contribution in [-0.2, 0) is 25.7 Å². The van der Waals surface area contributed by atoms with Gasteiger partial charge < -0.3 is 0 Å². The first kappa shape index (κ1) is 17.2. The molecule has 0 radical (unpaired) electrons. The molecule has 2 aromatic carbocycles. The number of rotatable bonds is 6. The highest BCUT2D eigenvalue weighted by molar-refractivity contribution is 5.64. The molecule has 120 valence electrons. The van der Waals surface area contributed by atoms with Crippen LogP contribution in [0.1, 0.15) is 49.9 Å². The van der Waals surface area contributed by atoms with Crippen LogP contribution >= 0.6 is 0 Å². The van der Waals surface area contributed by atoms with Crippen molar-refractivity contribution in [2.45, 2.75) is 53.4 Å². The van der Waals surface area contributed by atoms with Gasteiger partial charge in [-0.15, -0.1) is 0 Å². The molecule has 0 fully saturated rings. The van der Waals surface area contributed by atoms with E-state index in [2.05, 4.69) is 49.8 Å². The van der Waals surface area contributed by atoms with Gasteiger partial charge >= 0.3 is 0 Å². The minimum absolute atomic E-state index is 0.880. The highest BCUT2D eigenvalue weighted by Crippen LogP contribution is 2.31. The van der Waals surface area contributed by atoms with E-state index in [0.717, 1.165) is 37.1 Å². The highest BCUT2D eigenvalue weighted by Gasteiger charge is 2.13. The molecule has 0 spiro atoms. The first-order valence-corrected chi connectivity index (χ1v) is 8.63. The van der Waals surface area contributed by atoms with Crippen molar-refractivity contribution in [2.24, 2.45) is 9.98 Å². The quantitative estimate of drug-likeness (QED) is 0.578. The van der Waals surface area contributed by atoms with Crippen LogP contribution in [0.5, 0.6) is 0 Å². The summed E-state index contributed by atoms with van der Waals surface area (Å²) in [5, 5.41) is 0. The molecule has 2 heteroatoms. The SMILES string of the molecule is CCc1cc(N=C=Nc2ccccc2)c(CC)c(CC)c1CC. The van der Waals surface area contributed by atoms with Crippen LogP contribution in [0, 0.1) is 0 Å². The van der Waals surface area contributed by atoms with Crippen molar-refractivity contribution < 1.29 is 0 Å². The summed E-state index contributed by atoms with van der Waals surface area (Å²) in [6, 6.07) is 14.9. The van der Waals surface area contributed by atoms with Crippen molar-refractivity contribution in [1.82, 2.24) is 0 Å². The van der Waals surface area contributed by atoms with Crippen molar-refractivity contribution >= 4 is 17.4 Å². The predicted molar refractivity (Wildman–Crippen MR) is 99.6 cm³/mol. The van der Waals surface area contributed by atoms with Gasteiger partial charge in [0.1, 0.15) is 6.01 Å². The Hall–Kier alpha value is -2.18. The van der Waals surface area contributed by atoms with Gasteiger partial charge in [-0.2, -0.15) is 9.98 Å². The summed E-state index contributed by atoms with van der Waals surface area (Å²) in [5.41, 5.74) is 7.63. The number of aliphatic imine (C=N–C) groups is 2. The van der Waals surface area contributed by atoms with Gasteiger partial charge in [-0.3, -0.25) is 0 Å². The fourth-order valence-electron chi connectivity index (χ4n) is 3.19. The summed E-state index contributed by atoms with van der Waals surface area (Å²) in [5.74, 6) is 0.